The van der Waals surface area contributed by atoms with Crippen LogP contribution in [0.2, 0.25) is 0 Å². The molecule has 0 bridgehead atoms. The van der Waals surface area contributed by atoms with E-state index in [-0.39, 0.29) is 21.6 Å². The van der Waals surface area contributed by atoms with E-state index in [4.69, 9.17) is 11.5 Å². The van der Waals surface area contributed by atoms with Crippen molar-refractivity contribution in [2.75, 3.05) is 34.7 Å². The molecule has 2 aromatic carbocycles. The maximum Gasteiger partial charge on any atom is 0.241 e. The largest absolute Gasteiger partial charge is 0.325 e. The summed E-state index contributed by atoms with van der Waals surface area (Å²) in [7, 11) is -3.77. The van der Waals surface area contributed by atoms with Crippen molar-refractivity contribution in [3.63, 3.8) is 0 Å². The highest BCUT2D eigenvalue weighted by Gasteiger charge is 2.19. The molecular weight excluding hydrogens is 480 g/mol. The van der Waals surface area contributed by atoms with Crippen LogP contribution in [0.15, 0.2) is 58.3 Å². The van der Waals surface area contributed by atoms with Gasteiger partial charge >= 0.3 is 0 Å². The molecule has 0 aliphatic heterocycles. The zero-order valence-corrected chi connectivity index (χ0v) is 21.1. The Bertz CT molecular complexity index is 951. The molecule has 0 saturated carbocycles. The van der Waals surface area contributed by atoms with Gasteiger partial charge < -0.3 is 22.1 Å². The third-order valence-corrected chi connectivity index (χ3v) is 7.88. The highest BCUT2D eigenvalue weighted by atomic mass is 32.2. The summed E-state index contributed by atoms with van der Waals surface area (Å²) in [5.41, 5.74) is 12.6. The van der Waals surface area contributed by atoms with Crippen molar-refractivity contribution >= 4 is 56.6 Å². The summed E-state index contributed by atoms with van der Waals surface area (Å²) in [5.74, 6) is 0.925. The van der Waals surface area contributed by atoms with E-state index in [0.717, 1.165) is 11.5 Å². The number of rotatable bonds is 12. The van der Waals surface area contributed by atoms with Crippen molar-refractivity contribution in [1.29, 1.82) is 0 Å². The molecule has 2 aromatic rings. The first-order chi connectivity index (χ1) is 15.7. The smallest absolute Gasteiger partial charge is 0.241 e. The number of nitrogens with one attached hydrogen (secondary N) is 2. The van der Waals surface area contributed by atoms with Crippen LogP contribution in [0.5, 0.6) is 0 Å². The number of nitrogens with two attached hydrogens (primary N) is 2. The summed E-state index contributed by atoms with van der Waals surface area (Å²) in [6.07, 6.45) is 4.99. The summed E-state index contributed by atoms with van der Waals surface area (Å²) in [6, 6.07) is 10.6. The molecule has 0 aliphatic rings. The molecule has 0 aliphatic carbocycles. The Morgan fingerprint density at radius 3 is 1.39 bits per heavy atom. The molecule has 0 aromatic heterocycles. The fourth-order valence-corrected chi connectivity index (χ4v) is 5.03. The van der Waals surface area contributed by atoms with Crippen molar-refractivity contribution in [1.82, 2.24) is 0 Å². The molecule has 0 radical (unpaired) electrons. The quantitative estimate of drug-likeness (QED) is 0.341. The molecule has 2 atom stereocenters. The Kier molecular flexibility index (Phi) is 10.7. The summed E-state index contributed by atoms with van der Waals surface area (Å²) < 4.78 is 25.9. The maximum absolute atomic E-state index is 12.9. The highest BCUT2D eigenvalue weighted by molar-refractivity contribution is 7.98. The van der Waals surface area contributed by atoms with Gasteiger partial charge in [0.25, 0.3) is 0 Å². The van der Waals surface area contributed by atoms with Gasteiger partial charge in [-0.05, 0) is 85.4 Å². The zero-order valence-electron chi connectivity index (χ0n) is 18.6. The minimum Gasteiger partial charge on any atom is -0.325 e. The lowest BCUT2D eigenvalue weighted by Gasteiger charge is -2.13. The van der Waals surface area contributed by atoms with Crippen molar-refractivity contribution < 1.29 is 18.0 Å². The van der Waals surface area contributed by atoms with Gasteiger partial charge in [-0.25, -0.2) is 8.42 Å². The molecule has 180 valence electrons. The van der Waals surface area contributed by atoms with E-state index < -0.39 is 21.9 Å². The predicted octanol–water partition coefficient (Wildman–Crippen LogP) is 2.56. The molecule has 33 heavy (non-hydrogen) atoms. The third-order valence-electron chi connectivity index (χ3n) is 4.80. The number of benzene rings is 2. The third kappa shape index (κ3) is 8.04. The van der Waals surface area contributed by atoms with Crippen LogP contribution in [0.3, 0.4) is 0 Å². The van der Waals surface area contributed by atoms with Crippen LogP contribution in [0.1, 0.15) is 12.8 Å². The van der Waals surface area contributed by atoms with Gasteiger partial charge in [0, 0.05) is 11.4 Å². The van der Waals surface area contributed by atoms with Crippen molar-refractivity contribution in [3.05, 3.63) is 48.5 Å². The van der Waals surface area contributed by atoms with Gasteiger partial charge in [-0.1, -0.05) is 0 Å². The zero-order chi connectivity index (χ0) is 24.4. The number of carbonyl (C=O) groups excluding carboxylic acids is 2. The van der Waals surface area contributed by atoms with E-state index in [2.05, 4.69) is 10.6 Å². The van der Waals surface area contributed by atoms with Crippen LogP contribution in [-0.4, -0.2) is 56.3 Å². The molecule has 0 fully saturated rings. The van der Waals surface area contributed by atoms with Crippen molar-refractivity contribution in [2.24, 2.45) is 11.5 Å². The van der Waals surface area contributed by atoms with E-state index in [0.29, 0.717) is 24.2 Å². The fraction of sp³-hybridized carbons (Fsp3) is 0.364. The van der Waals surface area contributed by atoms with Gasteiger partial charge in [-0.15, -0.1) is 0 Å². The first kappa shape index (κ1) is 27.2. The minimum atomic E-state index is -3.77. The lowest BCUT2D eigenvalue weighted by atomic mass is 10.2. The number of hydrogen-bond acceptors (Lipinski definition) is 8. The van der Waals surface area contributed by atoms with Crippen LogP contribution in [-0.2, 0) is 19.4 Å². The van der Waals surface area contributed by atoms with Crippen LogP contribution < -0.4 is 22.1 Å². The van der Waals surface area contributed by atoms with Gasteiger partial charge in [0.1, 0.15) is 0 Å². The highest BCUT2D eigenvalue weighted by Crippen LogP contribution is 2.24. The van der Waals surface area contributed by atoms with Crippen LogP contribution in [0, 0.1) is 0 Å². The van der Waals surface area contributed by atoms with Gasteiger partial charge in [0.2, 0.25) is 21.7 Å². The van der Waals surface area contributed by atoms with E-state index >= 15 is 0 Å². The maximum atomic E-state index is 12.9. The molecule has 11 heteroatoms. The second-order valence-corrected chi connectivity index (χ2v) is 11.2. The van der Waals surface area contributed by atoms with E-state index in [1.54, 1.807) is 23.5 Å². The Morgan fingerprint density at radius 2 is 1.09 bits per heavy atom. The Morgan fingerprint density at radius 1 is 0.758 bits per heavy atom. The number of anilines is 2. The fourth-order valence-electron chi connectivity index (χ4n) is 2.79. The lowest BCUT2D eigenvalue weighted by Crippen LogP contribution is -2.36. The second kappa shape index (κ2) is 13.0. The average molecular weight is 511 g/mol. The lowest BCUT2D eigenvalue weighted by molar-refractivity contribution is -0.118. The van der Waals surface area contributed by atoms with Crippen LogP contribution in [0.25, 0.3) is 0 Å². The topological polar surface area (TPSA) is 144 Å². The molecule has 6 N–H and O–H groups in total. The van der Waals surface area contributed by atoms with Crippen molar-refractivity contribution in [3.8, 4) is 0 Å². The predicted molar refractivity (Wildman–Crippen MR) is 138 cm³/mol. The molecule has 0 saturated heterocycles. The molecule has 0 unspecified atom stereocenters. The van der Waals surface area contributed by atoms with Crippen LogP contribution in [0.4, 0.5) is 11.4 Å². The van der Waals surface area contributed by atoms with Crippen molar-refractivity contribution in [2.45, 2.75) is 34.7 Å². The van der Waals surface area contributed by atoms with E-state index in [1.807, 2.05) is 12.5 Å². The average Bonchev–Trinajstić information content (AvgIpc) is 2.81. The first-order valence-electron chi connectivity index (χ1n) is 10.2. The van der Waals surface area contributed by atoms with Gasteiger partial charge in [-0.3, -0.25) is 9.59 Å². The van der Waals surface area contributed by atoms with Gasteiger partial charge in [0.05, 0.1) is 21.9 Å². The van der Waals surface area contributed by atoms with Gasteiger partial charge in [0.15, 0.2) is 0 Å². The SMILES string of the molecule is CSCC[C@H](N)C(=O)Nc1ccc(S(=O)(=O)c2ccc(NC(=O)[C@@H](N)CCSC)cc2)cc1. The molecule has 0 heterocycles. The number of thioether (sulfide) groups is 2. The molecule has 2 rings (SSSR count). The summed E-state index contributed by atoms with van der Waals surface area (Å²) in [5, 5.41) is 5.39. The summed E-state index contributed by atoms with van der Waals surface area (Å²) >= 11 is 3.22. The Balaban J connectivity index is 2.04. The monoisotopic (exact) mass is 510 g/mol. The van der Waals surface area contributed by atoms with E-state index in [1.165, 1.54) is 48.5 Å². The normalized spacial score (nSPS) is 13.2. The molecule has 0 spiro atoms. The van der Waals surface area contributed by atoms with Gasteiger partial charge in [-0.2, -0.15) is 23.5 Å². The molecule has 2 amide bonds. The molecular formula is C22H30N4O4S3. The van der Waals surface area contributed by atoms with E-state index in [9.17, 15) is 18.0 Å². The van der Waals surface area contributed by atoms with Crippen LogP contribution >= 0.6 is 23.5 Å². The first-order valence-corrected chi connectivity index (χ1v) is 14.5. The number of sulfone groups is 1. The Hall–Kier alpha value is -2.05. The second-order valence-electron chi connectivity index (χ2n) is 7.31. The number of hydrogen-bond donors (Lipinski definition) is 4. The summed E-state index contributed by atoms with van der Waals surface area (Å²) in [4.78, 5) is 24.4. The minimum absolute atomic E-state index is 0.0862. The number of amides is 2. The number of carbonyl (C=O) groups is 2. The standard InChI is InChI=1S/C22H30N4O4S3/c1-31-13-11-19(23)21(27)25-15-3-7-17(8-4-15)33(29,30)18-9-5-16(6-10-18)26-22(28)20(24)12-14-32-2/h3-10,19-20H,11-14,23-24H2,1-2H3,(H,25,27)(H,26,28)/t19-,20-/m0/s1. The summed E-state index contributed by atoms with van der Waals surface area (Å²) in [6.45, 7) is 0. The molecule has 8 nitrogen and oxygen atoms in total. The Labute approximate surface area is 203 Å².